The van der Waals surface area contributed by atoms with Crippen LogP contribution in [0.4, 0.5) is 15.8 Å². The number of halogens is 1. The lowest BCUT2D eigenvalue weighted by Crippen LogP contribution is -2.43. The Morgan fingerprint density at radius 3 is 2.56 bits per heavy atom. The van der Waals surface area contributed by atoms with Gasteiger partial charge >= 0.3 is 17.5 Å². The van der Waals surface area contributed by atoms with Crippen molar-refractivity contribution < 1.29 is 27.3 Å². The number of piperidine rings is 1. The number of nitrogens with one attached hydrogen (secondary N) is 2. The van der Waals surface area contributed by atoms with E-state index in [4.69, 9.17) is 0 Å². The fraction of sp³-hybridized carbons (Fsp3) is 0.316. The van der Waals surface area contributed by atoms with Crippen molar-refractivity contribution in [3.63, 3.8) is 0 Å². The van der Waals surface area contributed by atoms with Crippen LogP contribution in [0.2, 0.25) is 0 Å². The van der Waals surface area contributed by atoms with Gasteiger partial charge < -0.3 is 10.6 Å². The van der Waals surface area contributed by atoms with Crippen molar-refractivity contribution in [1.82, 2.24) is 14.6 Å². The lowest BCUT2D eigenvalue weighted by Gasteiger charge is -2.31. The van der Waals surface area contributed by atoms with Gasteiger partial charge in [0.2, 0.25) is 15.8 Å². The number of nitrogens with zero attached hydrogens (tertiary/aromatic N) is 3. The van der Waals surface area contributed by atoms with Gasteiger partial charge in [0.25, 0.3) is 0 Å². The predicted molar refractivity (Wildman–Crippen MR) is 110 cm³/mol. The van der Waals surface area contributed by atoms with E-state index in [1.54, 1.807) is 6.07 Å². The normalized spacial score (nSPS) is 15.2. The van der Waals surface area contributed by atoms with Gasteiger partial charge in [0.1, 0.15) is 4.90 Å². The van der Waals surface area contributed by atoms with Crippen LogP contribution in [0, 0.1) is 21.8 Å². The molecule has 2 aromatic rings. The number of anilines is 1. The van der Waals surface area contributed by atoms with E-state index in [9.17, 15) is 32.5 Å². The van der Waals surface area contributed by atoms with Crippen LogP contribution in [0.15, 0.2) is 47.6 Å². The number of rotatable bonds is 6. The third-order valence-electron chi connectivity index (χ3n) is 5.00. The summed E-state index contributed by atoms with van der Waals surface area (Å²) >= 11 is 0. The summed E-state index contributed by atoms with van der Waals surface area (Å²) in [5.41, 5.74) is -0.914. The van der Waals surface area contributed by atoms with Crippen molar-refractivity contribution in [1.29, 1.82) is 0 Å². The SMILES string of the molecule is O=C(NCC1CCN(S(=O)(=O)c2cccnc2)CC1)C(=O)Nc1ccc(F)c([N+](=O)[O-])c1. The largest absolute Gasteiger partial charge is 0.348 e. The highest BCUT2D eigenvalue weighted by atomic mass is 32.2. The average molecular weight is 465 g/mol. The summed E-state index contributed by atoms with van der Waals surface area (Å²) in [6.45, 7) is 0.697. The summed E-state index contributed by atoms with van der Waals surface area (Å²) in [4.78, 5) is 37.8. The van der Waals surface area contributed by atoms with Crippen LogP contribution in [0.25, 0.3) is 0 Å². The molecule has 1 fully saturated rings. The average Bonchev–Trinajstić information content (AvgIpc) is 2.79. The minimum Gasteiger partial charge on any atom is -0.348 e. The van der Waals surface area contributed by atoms with E-state index in [1.165, 1.54) is 22.8 Å². The van der Waals surface area contributed by atoms with Crippen LogP contribution in [0.1, 0.15) is 12.8 Å². The highest BCUT2D eigenvalue weighted by molar-refractivity contribution is 7.89. The third-order valence-corrected chi connectivity index (χ3v) is 6.89. The Labute approximate surface area is 182 Å². The van der Waals surface area contributed by atoms with Crippen molar-refractivity contribution in [2.45, 2.75) is 17.7 Å². The lowest BCUT2D eigenvalue weighted by molar-refractivity contribution is -0.387. The van der Waals surface area contributed by atoms with Crippen LogP contribution in [-0.4, -0.2) is 54.1 Å². The predicted octanol–water partition coefficient (Wildman–Crippen LogP) is 1.28. The number of hydrogen-bond donors (Lipinski definition) is 2. The second kappa shape index (κ2) is 9.78. The topological polar surface area (TPSA) is 152 Å². The molecule has 11 nitrogen and oxygen atoms in total. The van der Waals surface area contributed by atoms with Gasteiger partial charge in [-0.3, -0.25) is 24.7 Å². The Bertz CT molecular complexity index is 1120. The minimum atomic E-state index is -3.63. The van der Waals surface area contributed by atoms with Gasteiger partial charge in [-0.2, -0.15) is 8.70 Å². The van der Waals surface area contributed by atoms with Gasteiger partial charge in [-0.05, 0) is 43.0 Å². The number of hydrogen-bond acceptors (Lipinski definition) is 7. The molecular weight excluding hydrogens is 445 g/mol. The summed E-state index contributed by atoms with van der Waals surface area (Å²) in [7, 11) is -3.63. The number of pyridine rings is 1. The first kappa shape index (κ1) is 23.2. The van der Waals surface area contributed by atoms with Gasteiger partial charge in [0.05, 0.1) is 4.92 Å². The first-order valence-electron chi connectivity index (χ1n) is 9.62. The number of nitro groups is 1. The van der Waals surface area contributed by atoms with Gasteiger partial charge in [-0.1, -0.05) is 0 Å². The highest BCUT2D eigenvalue weighted by Gasteiger charge is 2.30. The molecule has 0 atom stereocenters. The van der Waals surface area contributed by atoms with Crippen LogP contribution in [-0.2, 0) is 19.6 Å². The zero-order valence-corrected chi connectivity index (χ0v) is 17.5. The van der Waals surface area contributed by atoms with Crippen molar-refractivity contribution in [2.75, 3.05) is 25.0 Å². The minimum absolute atomic E-state index is 0.0287. The smallest absolute Gasteiger partial charge is 0.313 e. The monoisotopic (exact) mass is 465 g/mol. The second-order valence-electron chi connectivity index (χ2n) is 7.12. The number of sulfonamides is 1. The van der Waals surface area contributed by atoms with E-state index in [1.807, 2.05) is 0 Å². The summed E-state index contributed by atoms with van der Waals surface area (Å²) in [5.74, 6) is -3.10. The summed E-state index contributed by atoms with van der Waals surface area (Å²) in [6, 6.07) is 5.76. The molecule has 13 heteroatoms. The Balaban J connectivity index is 1.48. The van der Waals surface area contributed by atoms with Crippen LogP contribution < -0.4 is 10.6 Å². The van der Waals surface area contributed by atoms with Crippen molar-refractivity contribution in [2.24, 2.45) is 5.92 Å². The van der Waals surface area contributed by atoms with Crippen LogP contribution in [0.3, 0.4) is 0 Å². The quantitative estimate of drug-likeness (QED) is 0.370. The molecule has 0 bridgehead atoms. The molecule has 0 unspecified atom stereocenters. The summed E-state index contributed by atoms with van der Waals surface area (Å²) in [6.07, 6.45) is 3.76. The molecule has 1 aromatic heterocycles. The molecule has 1 saturated heterocycles. The molecular formula is C19H20FN5O6S. The third kappa shape index (κ3) is 5.42. The highest BCUT2D eigenvalue weighted by Crippen LogP contribution is 2.23. The van der Waals surface area contributed by atoms with Gasteiger partial charge in [0, 0.05) is 43.8 Å². The van der Waals surface area contributed by atoms with E-state index in [0.29, 0.717) is 12.8 Å². The zero-order valence-electron chi connectivity index (χ0n) is 16.7. The van der Waals surface area contributed by atoms with E-state index < -0.39 is 38.3 Å². The maximum Gasteiger partial charge on any atom is 0.313 e. The molecule has 170 valence electrons. The second-order valence-corrected chi connectivity index (χ2v) is 9.06. The number of aromatic nitrogens is 1. The Morgan fingerprint density at radius 1 is 1.22 bits per heavy atom. The molecule has 2 amide bonds. The number of nitro benzene ring substituents is 1. The van der Waals surface area contributed by atoms with E-state index in [-0.39, 0.29) is 36.1 Å². The van der Waals surface area contributed by atoms with Crippen molar-refractivity contribution >= 4 is 33.2 Å². The molecule has 0 saturated carbocycles. The molecule has 0 radical (unpaired) electrons. The summed E-state index contributed by atoms with van der Waals surface area (Å²) in [5, 5.41) is 15.4. The van der Waals surface area contributed by atoms with Crippen molar-refractivity contribution in [3.05, 3.63) is 58.7 Å². The van der Waals surface area contributed by atoms with Crippen LogP contribution in [0.5, 0.6) is 0 Å². The van der Waals surface area contributed by atoms with E-state index in [2.05, 4.69) is 15.6 Å². The Kier molecular flexibility index (Phi) is 7.10. The molecule has 1 aliphatic rings. The van der Waals surface area contributed by atoms with E-state index >= 15 is 0 Å². The Hall–Kier alpha value is -3.45. The maximum absolute atomic E-state index is 13.4. The van der Waals surface area contributed by atoms with Gasteiger partial charge in [0.15, 0.2) is 0 Å². The van der Waals surface area contributed by atoms with Crippen molar-refractivity contribution in [3.8, 4) is 0 Å². The zero-order chi connectivity index (χ0) is 23.3. The number of carbonyl (C=O) groups is 2. The lowest BCUT2D eigenvalue weighted by atomic mass is 9.98. The van der Waals surface area contributed by atoms with Gasteiger partial charge in [-0.25, -0.2) is 8.42 Å². The molecule has 1 aliphatic heterocycles. The molecule has 2 N–H and O–H groups in total. The number of benzene rings is 1. The summed E-state index contributed by atoms with van der Waals surface area (Å²) < 4.78 is 39.9. The fourth-order valence-electron chi connectivity index (χ4n) is 3.24. The molecule has 3 rings (SSSR count). The maximum atomic E-state index is 13.4. The molecule has 0 aliphatic carbocycles. The van der Waals surface area contributed by atoms with E-state index in [0.717, 1.165) is 18.2 Å². The van der Waals surface area contributed by atoms with Gasteiger partial charge in [-0.15, -0.1) is 0 Å². The Morgan fingerprint density at radius 2 is 1.94 bits per heavy atom. The fourth-order valence-corrected chi connectivity index (χ4v) is 4.67. The molecule has 0 spiro atoms. The van der Waals surface area contributed by atoms with Crippen LogP contribution >= 0.6 is 0 Å². The molecule has 1 aromatic carbocycles. The first-order valence-corrected chi connectivity index (χ1v) is 11.1. The number of amides is 2. The first-order chi connectivity index (χ1) is 15.2. The number of carbonyl (C=O) groups excluding carboxylic acids is 2. The standard InChI is InChI=1S/C19H20FN5O6S/c20-16-4-3-14(10-17(16)25(28)29)23-19(27)18(26)22-11-13-5-8-24(9-6-13)32(30,31)15-2-1-7-21-12-15/h1-4,7,10,12-13H,5-6,8-9,11H2,(H,22,26)(H,23,27). The molecule has 2 heterocycles. The molecule has 32 heavy (non-hydrogen) atoms.